The lowest BCUT2D eigenvalue weighted by Crippen LogP contribution is -2.07. The number of hydrogen-bond acceptors (Lipinski definition) is 7. The second-order valence-corrected chi connectivity index (χ2v) is 30.4. The molecule has 0 amide bonds. The summed E-state index contributed by atoms with van der Waals surface area (Å²) in [6.45, 7) is 17.1. The molecule has 0 heterocycles. The summed E-state index contributed by atoms with van der Waals surface area (Å²) in [7, 11) is 0. The Morgan fingerprint density at radius 3 is 0.569 bits per heavy atom. The molecule has 0 aromatic heterocycles. The van der Waals surface area contributed by atoms with Crippen molar-refractivity contribution in [3.63, 3.8) is 0 Å². The van der Waals surface area contributed by atoms with E-state index in [2.05, 4.69) is 41.5 Å². The second-order valence-electron chi connectivity index (χ2n) is 30.4. The minimum atomic E-state index is 0.268. The van der Waals surface area contributed by atoms with E-state index in [0.29, 0.717) is 102 Å². The van der Waals surface area contributed by atoms with Crippen molar-refractivity contribution in [3.05, 3.63) is 70.3 Å². The predicted molar refractivity (Wildman–Crippen MR) is 447 cm³/mol. The Balaban J connectivity index is 2.04. The molecule has 7 heteroatoms. The Bertz CT molecular complexity index is 2260. The number of rotatable bonds is 77. The summed E-state index contributed by atoms with van der Waals surface area (Å²) in [6.07, 6.45) is 79.5. The van der Waals surface area contributed by atoms with Crippen molar-refractivity contribution in [2.24, 2.45) is 0 Å². The molecule has 7 nitrogen and oxygen atoms in total. The van der Waals surface area contributed by atoms with Gasteiger partial charge in [-0.1, -0.05) is 413 Å². The number of benzene rings is 3. The second kappa shape index (κ2) is 69.6. The van der Waals surface area contributed by atoms with Crippen molar-refractivity contribution in [2.45, 2.75) is 427 Å². The van der Waals surface area contributed by atoms with Gasteiger partial charge in [-0.25, -0.2) is 0 Å². The first-order valence-corrected chi connectivity index (χ1v) is 44.4. The molecule has 0 aliphatic heterocycles. The standard InChI is InChI=1S/C95H162O7/c1-7-13-19-25-31-37-43-49-55-61-71-97-90-80-87(81-91(98-72-62-56-50-44-38-32-26-20-14-8-2)94(90)101-75-65-59-53-47-41-35-29-23-17-11-5)69-67-85-77-86(79-89(78-85)84-96)68-70-88-82-92(99-73-63-57-51-45-39-33-27-21-15-9-3)95(102-76-66-60-54-48-42-36-30-24-18-12-6)93(83-88)100-74-64-58-52-46-40-34-28-22-16-10-4/h67-70,77-84H,7-66,71-76H2,1-6H3/b69-67+,70-68+/i69D,70D. The maximum atomic E-state index is 12.9. The van der Waals surface area contributed by atoms with Gasteiger partial charge in [0.15, 0.2) is 23.0 Å². The maximum Gasteiger partial charge on any atom is 0.203 e. The Kier molecular flexibility index (Phi) is 60.2. The molecule has 0 fully saturated rings. The van der Waals surface area contributed by atoms with Crippen LogP contribution in [-0.2, 0) is 0 Å². The number of unbranched alkanes of at least 4 members (excludes halogenated alkanes) is 54. The van der Waals surface area contributed by atoms with Crippen LogP contribution in [0.15, 0.2) is 42.5 Å². The van der Waals surface area contributed by atoms with Crippen LogP contribution >= 0.6 is 0 Å². The highest BCUT2D eigenvalue weighted by molar-refractivity contribution is 5.83. The summed E-state index contributed by atoms with van der Waals surface area (Å²) in [5.41, 5.74) is 3.18. The van der Waals surface area contributed by atoms with E-state index in [1.54, 1.807) is 0 Å². The number of ether oxygens (including phenoxy) is 6. The molecular formula is C95H162O7. The molecule has 0 saturated carbocycles. The average molecular weight is 1420 g/mol. The van der Waals surface area contributed by atoms with Crippen molar-refractivity contribution in [1.29, 1.82) is 0 Å². The van der Waals surface area contributed by atoms with E-state index in [1.807, 2.05) is 54.6 Å². The Morgan fingerprint density at radius 2 is 0.382 bits per heavy atom. The molecule has 3 aromatic rings. The van der Waals surface area contributed by atoms with Crippen molar-refractivity contribution in [2.75, 3.05) is 39.6 Å². The highest BCUT2D eigenvalue weighted by atomic mass is 16.5. The van der Waals surface area contributed by atoms with Gasteiger partial charge < -0.3 is 28.4 Å². The van der Waals surface area contributed by atoms with Crippen molar-refractivity contribution < 1.29 is 36.0 Å². The van der Waals surface area contributed by atoms with Gasteiger partial charge in [-0.15, -0.1) is 0 Å². The van der Waals surface area contributed by atoms with Gasteiger partial charge in [0, 0.05) is 5.56 Å². The molecule has 0 aliphatic rings. The van der Waals surface area contributed by atoms with Crippen molar-refractivity contribution in [1.82, 2.24) is 0 Å². The van der Waals surface area contributed by atoms with Gasteiger partial charge >= 0.3 is 0 Å². The first kappa shape index (κ1) is 88.2. The highest BCUT2D eigenvalue weighted by Gasteiger charge is 2.18. The van der Waals surface area contributed by atoms with Gasteiger partial charge in [0.25, 0.3) is 0 Å². The lowest BCUT2D eigenvalue weighted by atomic mass is 10.0. The third kappa shape index (κ3) is 50.9. The third-order valence-corrected chi connectivity index (χ3v) is 20.5. The van der Waals surface area contributed by atoms with Crippen LogP contribution in [0.4, 0.5) is 0 Å². The summed E-state index contributed by atoms with van der Waals surface area (Å²) in [6, 6.07) is 14.1. The maximum absolute atomic E-state index is 12.9. The minimum absolute atomic E-state index is 0.268. The van der Waals surface area contributed by atoms with E-state index in [-0.39, 0.29) is 12.1 Å². The molecule has 0 atom stereocenters. The zero-order valence-electron chi connectivity index (χ0n) is 69.8. The van der Waals surface area contributed by atoms with E-state index in [1.165, 1.54) is 308 Å². The fourth-order valence-corrected chi connectivity index (χ4v) is 13.9. The van der Waals surface area contributed by atoms with Crippen LogP contribution in [0.2, 0.25) is 0 Å². The fourth-order valence-electron chi connectivity index (χ4n) is 13.9. The molecule has 0 radical (unpaired) electrons. The Hall–Kier alpha value is -4.39. The molecule has 0 unspecified atom stereocenters. The van der Waals surface area contributed by atoms with Crippen LogP contribution in [-0.4, -0.2) is 45.9 Å². The quantitative estimate of drug-likeness (QED) is 0.0317. The number of hydrogen-bond donors (Lipinski definition) is 0. The van der Waals surface area contributed by atoms with Crippen LogP contribution < -0.4 is 28.4 Å². The summed E-state index contributed by atoms with van der Waals surface area (Å²) in [4.78, 5) is 12.9. The lowest BCUT2D eigenvalue weighted by molar-refractivity contribution is 0.112. The Morgan fingerprint density at radius 1 is 0.216 bits per heavy atom. The monoisotopic (exact) mass is 1420 g/mol. The first-order valence-electron chi connectivity index (χ1n) is 45.4. The summed E-state index contributed by atoms with van der Waals surface area (Å²) in [5, 5.41) is 0. The molecule has 584 valence electrons. The van der Waals surface area contributed by atoms with Gasteiger partial charge in [-0.05, 0) is 103 Å². The van der Waals surface area contributed by atoms with E-state index in [4.69, 9.17) is 28.4 Å². The molecule has 0 aliphatic carbocycles. The van der Waals surface area contributed by atoms with Gasteiger partial charge in [-0.2, -0.15) is 0 Å². The number of carbonyl (C=O) groups is 1. The molecule has 102 heavy (non-hydrogen) atoms. The van der Waals surface area contributed by atoms with E-state index >= 15 is 0 Å². The summed E-state index contributed by atoms with van der Waals surface area (Å²) in [5.74, 6) is 3.78. The highest BCUT2D eigenvalue weighted by Crippen LogP contribution is 2.42. The van der Waals surface area contributed by atoms with E-state index in [9.17, 15) is 7.54 Å². The van der Waals surface area contributed by atoms with Crippen LogP contribution in [0.5, 0.6) is 34.5 Å². The fraction of sp³-hybridized carbons (Fsp3) is 0.758. The van der Waals surface area contributed by atoms with Crippen molar-refractivity contribution >= 4 is 30.5 Å². The predicted octanol–water partition coefficient (Wildman–Crippen LogP) is 31.6. The molecular weight excluding hydrogens is 1250 g/mol. The summed E-state index contributed by atoms with van der Waals surface area (Å²) < 4.78 is 60.2. The summed E-state index contributed by atoms with van der Waals surface area (Å²) >= 11 is 0. The van der Waals surface area contributed by atoms with Gasteiger partial charge in [-0.3, -0.25) is 4.79 Å². The zero-order valence-corrected chi connectivity index (χ0v) is 67.8. The van der Waals surface area contributed by atoms with Crippen LogP contribution in [0.3, 0.4) is 0 Å². The molecule has 0 bridgehead atoms. The zero-order chi connectivity index (χ0) is 74.5. The number of carbonyl (C=O) groups excluding carboxylic acids is 1. The molecule has 0 spiro atoms. The van der Waals surface area contributed by atoms with Gasteiger partial charge in [0.05, 0.1) is 42.4 Å². The van der Waals surface area contributed by atoms with Gasteiger partial charge in [0.1, 0.15) is 6.29 Å². The minimum Gasteiger partial charge on any atom is -0.490 e. The molecule has 3 aromatic carbocycles. The lowest BCUT2D eigenvalue weighted by Gasteiger charge is -2.18. The molecule has 3 rings (SSSR count). The molecule has 0 N–H and O–H groups in total. The van der Waals surface area contributed by atoms with E-state index in [0.717, 1.165) is 83.3 Å². The third-order valence-electron chi connectivity index (χ3n) is 20.5. The first-order chi connectivity index (χ1) is 51.3. The largest absolute Gasteiger partial charge is 0.490 e. The van der Waals surface area contributed by atoms with Crippen LogP contribution in [0.25, 0.3) is 24.3 Å². The van der Waals surface area contributed by atoms with E-state index < -0.39 is 0 Å². The smallest absolute Gasteiger partial charge is 0.203 e. The number of aldehydes is 1. The Labute approximate surface area is 634 Å². The van der Waals surface area contributed by atoms with Crippen molar-refractivity contribution in [3.8, 4) is 34.5 Å². The normalized spacial score (nSPS) is 12.1. The van der Waals surface area contributed by atoms with Crippen LogP contribution in [0.1, 0.15) is 462 Å². The molecule has 0 saturated heterocycles. The topological polar surface area (TPSA) is 72.5 Å². The SMILES string of the molecule is [2H]/C(=C\c1cc(C=O)cc(/C=C(\[2H])c2cc(OCCCCCCCCCCCC)c(OCCCCCCCCCCCC)c(OCCCCCCCCCCCC)c2)c1)c1cc(OCCCCCCCCCCCC)c(OCCCCCCCCCCCC)c(OCCCCCCCCCCCC)c1. The average Bonchev–Trinajstić information content (AvgIpc) is 0.817. The van der Waals surface area contributed by atoms with Gasteiger partial charge in [0.2, 0.25) is 11.5 Å². The van der Waals surface area contributed by atoms with Crippen LogP contribution in [0, 0.1) is 0 Å².